The standard InChI is InChI=1S/C18H18BrN5O2/c1-12-15(16-20-10-3-11-24(16)23-12)18(26)22-9-2-8-21-17(25)13-4-6-14(19)7-5-13/h3-7,10-11H,2,8-9H2,1H3,(H,21,25)(H,22,26). The highest BCUT2D eigenvalue weighted by molar-refractivity contribution is 9.10. The molecule has 0 aliphatic carbocycles. The number of hydrogen-bond acceptors (Lipinski definition) is 4. The number of aromatic nitrogens is 3. The zero-order valence-corrected chi connectivity index (χ0v) is 15.8. The average Bonchev–Trinajstić information content (AvgIpc) is 2.97. The van der Waals surface area contributed by atoms with Crippen LogP contribution in [-0.4, -0.2) is 39.5 Å². The van der Waals surface area contributed by atoms with Gasteiger partial charge in [-0.05, 0) is 43.7 Å². The summed E-state index contributed by atoms with van der Waals surface area (Å²) in [5.41, 5.74) is 2.24. The van der Waals surface area contributed by atoms with Crippen LogP contribution in [0.2, 0.25) is 0 Å². The molecule has 1 aromatic carbocycles. The monoisotopic (exact) mass is 415 g/mol. The molecule has 2 amide bonds. The van der Waals surface area contributed by atoms with Crippen molar-refractivity contribution in [3.8, 4) is 0 Å². The Morgan fingerprint density at radius 3 is 2.54 bits per heavy atom. The van der Waals surface area contributed by atoms with Crippen LogP contribution in [0.3, 0.4) is 0 Å². The summed E-state index contributed by atoms with van der Waals surface area (Å²) in [5.74, 6) is -0.345. The second-order valence-electron chi connectivity index (χ2n) is 5.72. The maximum atomic E-state index is 12.4. The molecular weight excluding hydrogens is 398 g/mol. The zero-order chi connectivity index (χ0) is 18.5. The summed E-state index contributed by atoms with van der Waals surface area (Å²) in [6, 6.07) is 8.91. The molecule has 3 rings (SSSR count). The first-order valence-corrected chi connectivity index (χ1v) is 8.97. The van der Waals surface area contributed by atoms with Crippen LogP contribution in [0.5, 0.6) is 0 Å². The Bertz CT molecular complexity index is 936. The average molecular weight is 416 g/mol. The molecule has 0 unspecified atom stereocenters. The number of halogens is 1. The van der Waals surface area contributed by atoms with Crippen LogP contribution in [0.4, 0.5) is 0 Å². The Labute approximate surface area is 158 Å². The van der Waals surface area contributed by atoms with E-state index in [1.54, 1.807) is 42.0 Å². The van der Waals surface area contributed by atoms with Crippen molar-refractivity contribution in [1.82, 2.24) is 25.2 Å². The van der Waals surface area contributed by atoms with Crippen molar-refractivity contribution in [3.05, 3.63) is 64.0 Å². The van der Waals surface area contributed by atoms with E-state index in [0.29, 0.717) is 42.0 Å². The molecule has 8 heteroatoms. The van der Waals surface area contributed by atoms with Crippen molar-refractivity contribution >= 4 is 33.4 Å². The van der Waals surface area contributed by atoms with Gasteiger partial charge in [-0.1, -0.05) is 15.9 Å². The van der Waals surface area contributed by atoms with Gasteiger partial charge in [0.1, 0.15) is 5.56 Å². The summed E-state index contributed by atoms with van der Waals surface area (Å²) >= 11 is 3.34. The number of carbonyl (C=O) groups is 2. The first-order valence-electron chi connectivity index (χ1n) is 8.18. The molecular formula is C18H18BrN5O2. The molecule has 0 fully saturated rings. The van der Waals surface area contributed by atoms with E-state index in [-0.39, 0.29) is 11.8 Å². The van der Waals surface area contributed by atoms with Gasteiger partial charge < -0.3 is 10.6 Å². The quantitative estimate of drug-likeness (QED) is 0.604. The third-order valence-corrected chi connectivity index (χ3v) is 4.36. The first kappa shape index (κ1) is 18.1. The summed E-state index contributed by atoms with van der Waals surface area (Å²) < 4.78 is 2.51. The van der Waals surface area contributed by atoms with Gasteiger partial charge in [0, 0.05) is 35.5 Å². The summed E-state index contributed by atoms with van der Waals surface area (Å²) in [4.78, 5) is 28.6. The molecule has 0 aliphatic rings. The Morgan fingerprint density at radius 2 is 1.81 bits per heavy atom. The topological polar surface area (TPSA) is 88.4 Å². The van der Waals surface area contributed by atoms with Crippen molar-refractivity contribution in [1.29, 1.82) is 0 Å². The van der Waals surface area contributed by atoms with E-state index in [9.17, 15) is 9.59 Å². The lowest BCUT2D eigenvalue weighted by Crippen LogP contribution is -2.30. The first-order chi connectivity index (χ1) is 12.6. The molecule has 26 heavy (non-hydrogen) atoms. The fourth-order valence-electron chi connectivity index (χ4n) is 2.55. The van der Waals surface area contributed by atoms with Crippen molar-refractivity contribution in [2.45, 2.75) is 13.3 Å². The molecule has 2 N–H and O–H groups in total. The molecule has 7 nitrogen and oxygen atoms in total. The van der Waals surface area contributed by atoms with Gasteiger partial charge in [0.2, 0.25) is 0 Å². The van der Waals surface area contributed by atoms with E-state index >= 15 is 0 Å². The van der Waals surface area contributed by atoms with Crippen LogP contribution in [-0.2, 0) is 0 Å². The Morgan fingerprint density at radius 1 is 1.12 bits per heavy atom. The van der Waals surface area contributed by atoms with Gasteiger partial charge in [-0.15, -0.1) is 0 Å². The van der Waals surface area contributed by atoms with Crippen LogP contribution >= 0.6 is 15.9 Å². The van der Waals surface area contributed by atoms with Crippen LogP contribution in [0.1, 0.15) is 32.8 Å². The molecule has 2 heterocycles. The van der Waals surface area contributed by atoms with Gasteiger partial charge in [0.15, 0.2) is 5.65 Å². The fourth-order valence-corrected chi connectivity index (χ4v) is 2.81. The van der Waals surface area contributed by atoms with E-state index in [1.165, 1.54) is 0 Å². The van der Waals surface area contributed by atoms with Crippen molar-refractivity contribution in [3.63, 3.8) is 0 Å². The number of rotatable bonds is 6. The van der Waals surface area contributed by atoms with Gasteiger partial charge in [-0.2, -0.15) is 5.10 Å². The molecule has 0 spiro atoms. The van der Waals surface area contributed by atoms with Crippen LogP contribution in [0.25, 0.3) is 5.65 Å². The molecule has 0 radical (unpaired) electrons. The van der Waals surface area contributed by atoms with Gasteiger partial charge >= 0.3 is 0 Å². The molecule has 0 atom stereocenters. The summed E-state index contributed by atoms with van der Waals surface area (Å²) in [5, 5.41) is 9.96. The van der Waals surface area contributed by atoms with E-state index in [2.05, 4.69) is 36.6 Å². The van der Waals surface area contributed by atoms with Gasteiger partial charge in [-0.3, -0.25) is 9.59 Å². The molecule has 3 aromatic rings. The number of benzene rings is 1. The minimum absolute atomic E-state index is 0.133. The third kappa shape index (κ3) is 4.08. The smallest absolute Gasteiger partial charge is 0.257 e. The van der Waals surface area contributed by atoms with Gasteiger partial charge in [0.25, 0.3) is 11.8 Å². The third-order valence-electron chi connectivity index (χ3n) is 3.83. The number of fused-ring (bicyclic) bond motifs is 1. The van der Waals surface area contributed by atoms with Gasteiger partial charge in [0.05, 0.1) is 5.69 Å². The largest absolute Gasteiger partial charge is 0.352 e. The number of nitrogens with zero attached hydrogens (tertiary/aromatic N) is 3. The normalized spacial score (nSPS) is 10.7. The summed E-state index contributed by atoms with van der Waals surface area (Å²) in [6.45, 7) is 2.70. The van der Waals surface area contributed by atoms with E-state index < -0.39 is 0 Å². The Kier molecular flexibility index (Phi) is 5.62. The number of nitrogens with one attached hydrogen (secondary N) is 2. The van der Waals surface area contributed by atoms with Crippen LogP contribution in [0, 0.1) is 6.92 Å². The van der Waals surface area contributed by atoms with Crippen LogP contribution < -0.4 is 10.6 Å². The number of amides is 2. The second-order valence-corrected chi connectivity index (χ2v) is 6.64. The van der Waals surface area contributed by atoms with Crippen LogP contribution in [0.15, 0.2) is 47.2 Å². The zero-order valence-electron chi connectivity index (χ0n) is 14.2. The number of hydrogen-bond donors (Lipinski definition) is 2. The SMILES string of the molecule is Cc1nn2cccnc2c1C(=O)NCCCNC(=O)c1ccc(Br)cc1. The highest BCUT2D eigenvalue weighted by Crippen LogP contribution is 2.12. The van der Waals surface area contributed by atoms with Gasteiger partial charge in [-0.25, -0.2) is 9.50 Å². The van der Waals surface area contributed by atoms with Crippen molar-refractivity contribution < 1.29 is 9.59 Å². The molecule has 2 aromatic heterocycles. The minimum atomic E-state index is -0.213. The molecule has 134 valence electrons. The van der Waals surface area contributed by atoms with E-state index in [0.717, 1.165) is 4.47 Å². The summed E-state index contributed by atoms with van der Waals surface area (Å²) in [7, 11) is 0. The lowest BCUT2D eigenvalue weighted by atomic mass is 10.2. The number of carbonyl (C=O) groups excluding carboxylic acids is 2. The minimum Gasteiger partial charge on any atom is -0.352 e. The molecule has 0 bridgehead atoms. The number of aryl methyl sites for hydroxylation is 1. The molecule has 0 aliphatic heterocycles. The predicted molar refractivity (Wildman–Crippen MR) is 101 cm³/mol. The maximum Gasteiger partial charge on any atom is 0.257 e. The lowest BCUT2D eigenvalue weighted by Gasteiger charge is -2.07. The fraction of sp³-hybridized carbons (Fsp3) is 0.222. The van der Waals surface area contributed by atoms with Crippen molar-refractivity contribution in [2.75, 3.05) is 13.1 Å². The Balaban J connectivity index is 1.47. The second kappa shape index (κ2) is 8.09. The molecule has 0 saturated heterocycles. The van der Waals surface area contributed by atoms with E-state index in [1.807, 2.05) is 12.1 Å². The summed E-state index contributed by atoms with van der Waals surface area (Å²) in [6.07, 6.45) is 4.01. The molecule has 0 saturated carbocycles. The highest BCUT2D eigenvalue weighted by Gasteiger charge is 2.17. The maximum absolute atomic E-state index is 12.4. The highest BCUT2D eigenvalue weighted by atomic mass is 79.9. The predicted octanol–water partition coefficient (Wildman–Crippen LogP) is 2.35. The lowest BCUT2D eigenvalue weighted by molar-refractivity contribution is 0.0952. The van der Waals surface area contributed by atoms with E-state index in [4.69, 9.17) is 0 Å². The van der Waals surface area contributed by atoms with Crippen molar-refractivity contribution in [2.24, 2.45) is 0 Å². The Hall–Kier alpha value is -2.74.